The van der Waals surface area contributed by atoms with Crippen LogP contribution < -0.4 is 5.73 Å². The molecule has 0 fully saturated rings. The van der Waals surface area contributed by atoms with E-state index in [2.05, 4.69) is 15.9 Å². The first kappa shape index (κ1) is 13.1. The van der Waals surface area contributed by atoms with Gasteiger partial charge in [0, 0.05) is 10.9 Å². The molecule has 0 saturated carbocycles. The fraction of sp³-hybridized carbons (Fsp3) is 0.364. The van der Waals surface area contributed by atoms with Crippen molar-refractivity contribution in [1.29, 1.82) is 0 Å². The van der Waals surface area contributed by atoms with Gasteiger partial charge in [-0.15, -0.1) is 0 Å². The van der Waals surface area contributed by atoms with Gasteiger partial charge in [0.05, 0.1) is 6.61 Å². The second-order valence-electron chi connectivity index (χ2n) is 3.30. The Kier molecular flexibility index (Phi) is 4.89. The Morgan fingerprint density at radius 1 is 1.62 bits per heavy atom. The second kappa shape index (κ2) is 5.96. The van der Waals surface area contributed by atoms with E-state index in [1.54, 1.807) is 19.1 Å². The number of hydrogen-bond acceptors (Lipinski definition) is 3. The summed E-state index contributed by atoms with van der Waals surface area (Å²) >= 11 is 3.15. The van der Waals surface area contributed by atoms with Crippen LogP contribution in [-0.4, -0.2) is 18.6 Å². The molecular formula is C11H13BrFNO2. The minimum Gasteiger partial charge on any atom is -0.465 e. The molecule has 0 bridgehead atoms. The molecule has 1 rings (SSSR count). The lowest BCUT2D eigenvalue weighted by atomic mass is 10.1. The van der Waals surface area contributed by atoms with Gasteiger partial charge in [0.15, 0.2) is 0 Å². The van der Waals surface area contributed by atoms with E-state index in [0.29, 0.717) is 10.0 Å². The molecular weight excluding hydrogens is 277 g/mol. The molecule has 0 aliphatic heterocycles. The van der Waals surface area contributed by atoms with Crippen LogP contribution in [0.5, 0.6) is 0 Å². The molecule has 1 atom stereocenters. The van der Waals surface area contributed by atoms with Crippen LogP contribution in [0.1, 0.15) is 12.5 Å². The first-order valence-electron chi connectivity index (χ1n) is 4.90. The molecule has 1 aromatic rings. The van der Waals surface area contributed by atoms with Crippen LogP contribution in [0.4, 0.5) is 4.39 Å². The third-order valence-corrected chi connectivity index (χ3v) is 2.54. The maximum Gasteiger partial charge on any atom is 0.323 e. The van der Waals surface area contributed by atoms with Crippen LogP contribution in [0.15, 0.2) is 22.7 Å². The maximum atomic E-state index is 13.4. The molecule has 0 heterocycles. The number of esters is 1. The summed E-state index contributed by atoms with van der Waals surface area (Å²) in [5.74, 6) is -0.890. The number of halogens is 2. The van der Waals surface area contributed by atoms with E-state index < -0.39 is 12.0 Å². The summed E-state index contributed by atoms with van der Waals surface area (Å²) in [6.07, 6.45) is 0.137. The SMILES string of the molecule is CCOC(=O)C(N)Cc1ccc(Br)cc1F. The Bertz CT molecular complexity index is 384. The van der Waals surface area contributed by atoms with Gasteiger partial charge in [-0.3, -0.25) is 4.79 Å². The van der Waals surface area contributed by atoms with E-state index in [9.17, 15) is 9.18 Å². The van der Waals surface area contributed by atoms with Gasteiger partial charge in [0.2, 0.25) is 0 Å². The number of nitrogens with two attached hydrogens (primary N) is 1. The number of rotatable bonds is 4. The molecule has 0 aliphatic rings. The van der Waals surface area contributed by atoms with Gasteiger partial charge in [0.25, 0.3) is 0 Å². The lowest BCUT2D eigenvalue weighted by Gasteiger charge is -2.11. The van der Waals surface area contributed by atoms with Crippen molar-refractivity contribution in [1.82, 2.24) is 0 Å². The molecule has 1 unspecified atom stereocenters. The summed E-state index contributed by atoms with van der Waals surface area (Å²) in [5, 5.41) is 0. The summed E-state index contributed by atoms with van der Waals surface area (Å²) < 4.78 is 18.8. The number of carbonyl (C=O) groups is 1. The van der Waals surface area contributed by atoms with Gasteiger partial charge in [-0.1, -0.05) is 22.0 Å². The zero-order chi connectivity index (χ0) is 12.1. The van der Waals surface area contributed by atoms with E-state index >= 15 is 0 Å². The average Bonchev–Trinajstić information content (AvgIpc) is 2.22. The van der Waals surface area contributed by atoms with E-state index in [1.807, 2.05) is 0 Å². The number of benzene rings is 1. The van der Waals surface area contributed by atoms with Gasteiger partial charge in [-0.05, 0) is 24.6 Å². The minimum absolute atomic E-state index is 0.137. The van der Waals surface area contributed by atoms with Crippen molar-refractivity contribution >= 4 is 21.9 Å². The predicted molar refractivity (Wildman–Crippen MR) is 62.4 cm³/mol. The van der Waals surface area contributed by atoms with E-state index in [1.165, 1.54) is 6.07 Å². The molecule has 0 aromatic heterocycles. The van der Waals surface area contributed by atoms with Crippen molar-refractivity contribution in [2.24, 2.45) is 5.73 Å². The molecule has 3 nitrogen and oxygen atoms in total. The third-order valence-electron chi connectivity index (χ3n) is 2.04. The van der Waals surface area contributed by atoms with Crippen LogP contribution in [0.3, 0.4) is 0 Å². The van der Waals surface area contributed by atoms with E-state index in [4.69, 9.17) is 10.5 Å². The van der Waals surface area contributed by atoms with E-state index in [-0.39, 0.29) is 18.8 Å². The number of ether oxygens (including phenoxy) is 1. The quantitative estimate of drug-likeness (QED) is 0.863. The summed E-state index contributed by atoms with van der Waals surface area (Å²) in [4.78, 5) is 11.2. The Hall–Kier alpha value is -0.940. The van der Waals surface area contributed by atoms with Crippen LogP contribution in [0.25, 0.3) is 0 Å². The molecule has 2 N–H and O–H groups in total. The van der Waals surface area contributed by atoms with Gasteiger partial charge < -0.3 is 10.5 Å². The Labute approximate surface area is 102 Å². The highest BCUT2D eigenvalue weighted by atomic mass is 79.9. The van der Waals surface area contributed by atoms with Crippen molar-refractivity contribution < 1.29 is 13.9 Å². The Morgan fingerprint density at radius 2 is 2.31 bits per heavy atom. The first-order chi connectivity index (χ1) is 7.54. The zero-order valence-electron chi connectivity index (χ0n) is 8.87. The van der Waals surface area contributed by atoms with Crippen molar-refractivity contribution in [3.63, 3.8) is 0 Å². The van der Waals surface area contributed by atoms with Gasteiger partial charge >= 0.3 is 5.97 Å². The van der Waals surface area contributed by atoms with Crippen molar-refractivity contribution in [3.05, 3.63) is 34.1 Å². The lowest BCUT2D eigenvalue weighted by molar-refractivity contribution is -0.144. The monoisotopic (exact) mass is 289 g/mol. The van der Waals surface area contributed by atoms with Crippen LogP contribution in [0, 0.1) is 5.82 Å². The third kappa shape index (κ3) is 3.57. The fourth-order valence-corrected chi connectivity index (χ4v) is 1.59. The normalized spacial score (nSPS) is 12.2. The molecule has 0 radical (unpaired) electrons. The molecule has 16 heavy (non-hydrogen) atoms. The smallest absolute Gasteiger partial charge is 0.323 e. The second-order valence-corrected chi connectivity index (χ2v) is 4.21. The fourth-order valence-electron chi connectivity index (χ4n) is 1.26. The van der Waals surface area contributed by atoms with Gasteiger partial charge in [-0.25, -0.2) is 4.39 Å². The largest absolute Gasteiger partial charge is 0.465 e. The standard InChI is InChI=1S/C11H13BrFNO2/c1-2-16-11(15)10(14)5-7-3-4-8(12)6-9(7)13/h3-4,6,10H,2,5,14H2,1H3. The zero-order valence-corrected chi connectivity index (χ0v) is 10.5. The maximum absolute atomic E-state index is 13.4. The Balaban J connectivity index is 2.69. The van der Waals surface area contributed by atoms with Crippen LogP contribution >= 0.6 is 15.9 Å². The lowest BCUT2D eigenvalue weighted by Crippen LogP contribution is -2.34. The summed E-state index contributed by atoms with van der Waals surface area (Å²) in [7, 11) is 0. The van der Waals surface area contributed by atoms with Crippen molar-refractivity contribution in [2.75, 3.05) is 6.61 Å². The molecule has 88 valence electrons. The topological polar surface area (TPSA) is 52.3 Å². The highest BCUT2D eigenvalue weighted by molar-refractivity contribution is 9.10. The predicted octanol–water partition coefficient (Wildman–Crippen LogP) is 2.02. The summed E-state index contributed by atoms with van der Waals surface area (Å²) in [6, 6.07) is 3.82. The van der Waals surface area contributed by atoms with Crippen molar-refractivity contribution in [2.45, 2.75) is 19.4 Å². The highest BCUT2D eigenvalue weighted by Gasteiger charge is 2.16. The van der Waals surface area contributed by atoms with Gasteiger partial charge in [0.1, 0.15) is 11.9 Å². The summed E-state index contributed by atoms with van der Waals surface area (Å²) in [5.41, 5.74) is 6.00. The molecule has 5 heteroatoms. The molecule has 0 spiro atoms. The number of carbonyl (C=O) groups excluding carboxylic acids is 1. The molecule has 1 aromatic carbocycles. The molecule has 0 saturated heterocycles. The summed E-state index contributed by atoms with van der Waals surface area (Å²) in [6.45, 7) is 1.97. The highest BCUT2D eigenvalue weighted by Crippen LogP contribution is 2.16. The minimum atomic E-state index is -0.823. The molecule has 0 aliphatic carbocycles. The van der Waals surface area contributed by atoms with E-state index in [0.717, 1.165) is 0 Å². The van der Waals surface area contributed by atoms with Crippen molar-refractivity contribution in [3.8, 4) is 0 Å². The first-order valence-corrected chi connectivity index (χ1v) is 5.70. The average molecular weight is 290 g/mol. The molecule has 0 amide bonds. The van der Waals surface area contributed by atoms with Crippen LogP contribution in [-0.2, 0) is 16.0 Å². The number of hydrogen-bond donors (Lipinski definition) is 1. The van der Waals surface area contributed by atoms with Gasteiger partial charge in [-0.2, -0.15) is 0 Å². The Morgan fingerprint density at radius 3 is 2.88 bits per heavy atom. The van der Waals surface area contributed by atoms with Crippen LogP contribution in [0.2, 0.25) is 0 Å².